The molecule has 1 aliphatic rings. The fourth-order valence-electron chi connectivity index (χ4n) is 2.27. The zero-order valence-electron chi connectivity index (χ0n) is 11.4. The van der Waals surface area contributed by atoms with Crippen LogP contribution in [-0.2, 0) is 9.59 Å². The van der Waals surface area contributed by atoms with Gasteiger partial charge in [0.05, 0.1) is 0 Å². The van der Waals surface area contributed by atoms with Gasteiger partial charge in [0.25, 0.3) is 0 Å². The second-order valence-electron chi connectivity index (χ2n) is 5.59. The number of nitrogens with one attached hydrogen (secondary N) is 1. The zero-order valence-corrected chi connectivity index (χ0v) is 12.1. The molecule has 1 rings (SSSR count). The predicted molar refractivity (Wildman–Crippen MR) is 72.2 cm³/mol. The van der Waals surface area contributed by atoms with E-state index >= 15 is 0 Å². The van der Waals surface area contributed by atoms with Gasteiger partial charge in [-0.25, -0.2) is 0 Å². The van der Waals surface area contributed by atoms with Crippen LogP contribution in [-0.4, -0.2) is 35.3 Å². The average Bonchev–Trinajstić information content (AvgIpc) is 2.27. The third kappa shape index (κ3) is 3.05. The van der Waals surface area contributed by atoms with Crippen LogP contribution in [0.15, 0.2) is 11.6 Å². The molecule has 1 aliphatic heterocycles. The Morgan fingerprint density at radius 1 is 1.39 bits per heavy atom. The molecule has 2 unspecified atom stereocenters. The van der Waals surface area contributed by atoms with Crippen LogP contribution in [0.4, 0.5) is 0 Å². The van der Waals surface area contributed by atoms with Crippen LogP contribution in [0.25, 0.3) is 0 Å². The first-order valence-corrected chi connectivity index (χ1v) is 6.62. The highest BCUT2D eigenvalue weighted by molar-refractivity contribution is 6.25. The maximum Gasteiger partial charge on any atom is 0.246 e. The Kier molecular flexibility index (Phi) is 4.79. The van der Waals surface area contributed by atoms with Gasteiger partial charge in [-0.15, -0.1) is 0 Å². The van der Waals surface area contributed by atoms with Gasteiger partial charge in [0.2, 0.25) is 11.8 Å². The molecule has 0 aromatic heterocycles. The highest BCUT2D eigenvalue weighted by Gasteiger charge is 2.44. The lowest BCUT2D eigenvalue weighted by molar-refractivity contribution is -0.153. The van der Waals surface area contributed by atoms with Crippen LogP contribution in [0, 0.1) is 5.41 Å². The summed E-state index contributed by atoms with van der Waals surface area (Å²) in [6.07, 6.45) is 2.28. The van der Waals surface area contributed by atoms with Crippen molar-refractivity contribution in [1.29, 1.82) is 0 Å². The normalized spacial score (nSPS) is 25.7. The van der Waals surface area contributed by atoms with E-state index in [0.29, 0.717) is 13.0 Å². The molecule has 4 nitrogen and oxygen atoms in total. The van der Waals surface area contributed by atoms with Gasteiger partial charge in [0.15, 0.2) is 0 Å². The molecule has 0 bridgehead atoms. The van der Waals surface area contributed by atoms with E-state index in [-0.39, 0.29) is 17.2 Å². The number of hydrogen-bond donors (Lipinski definition) is 1. The van der Waals surface area contributed by atoms with Crippen LogP contribution in [0.1, 0.15) is 34.1 Å². The molecule has 18 heavy (non-hydrogen) atoms. The van der Waals surface area contributed by atoms with Gasteiger partial charge in [-0.05, 0) is 11.8 Å². The minimum Gasteiger partial charge on any atom is -0.342 e. The lowest BCUT2D eigenvalue weighted by Gasteiger charge is -2.44. The predicted octanol–water partition coefficient (Wildman–Crippen LogP) is 1.89. The monoisotopic (exact) mass is 272 g/mol. The SMILES string of the molecule is CCC1NC(=O)C(C(C)(C)C)N(C/C=C/Cl)C1=O. The maximum atomic E-state index is 12.3. The second kappa shape index (κ2) is 5.74. The zero-order chi connectivity index (χ0) is 13.9. The van der Waals surface area contributed by atoms with Crippen LogP contribution >= 0.6 is 11.6 Å². The Morgan fingerprint density at radius 2 is 2.00 bits per heavy atom. The first-order chi connectivity index (χ1) is 8.32. The molecular formula is C13H21ClN2O2. The summed E-state index contributed by atoms with van der Waals surface area (Å²) in [5.74, 6) is -0.122. The van der Waals surface area contributed by atoms with Crippen molar-refractivity contribution >= 4 is 23.4 Å². The number of hydrogen-bond acceptors (Lipinski definition) is 2. The molecule has 1 N–H and O–H groups in total. The van der Waals surface area contributed by atoms with Crippen molar-refractivity contribution in [1.82, 2.24) is 10.2 Å². The average molecular weight is 273 g/mol. The summed E-state index contributed by atoms with van der Waals surface area (Å²) < 4.78 is 0. The molecule has 0 radical (unpaired) electrons. The number of rotatable bonds is 3. The molecular weight excluding hydrogens is 252 g/mol. The van der Waals surface area contributed by atoms with Crippen molar-refractivity contribution in [3.05, 3.63) is 11.6 Å². The Balaban J connectivity index is 3.06. The quantitative estimate of drug-likeness (QED) is 0.853. The molecule has 102 valence electrons. The molecule has 0 aromatic rings. The third-order valence-corrected chi connectivity index (χ3v) is 3.26. The number of carbonyl (C=O) groups is 2. The molecule has 2 amide bonds. The molecule has 1 heterocycles. The van der Waals surface area contributed by atoms with Crippen LogP contribution in [0.3, 0.4) is 0 Å². The topological polar surface area (TPSA) is 49.4 Å². The summed E-state index contributed by atoms with van der Waals surface area (Å²) in [6, 6.07) is -0.875. The number of piperazine rings is 1. The van der Waals surface area contributed by atoms with Crippen molar-refractivity contribution in [3.8, 4) is 0 Å². The van der Waals surface area contributed by atoms with Crippen molar-refractivity contribution in [2.24, 2.45) is 5.41 Å². The molecule has 0 saturated carbocycles. The van der Waals surface area contributed by atoms with E-state index in [0.717, 1.165) is 0 Å². The fourth-order valence-corrected chi connectivity index (χ4v) is 2.35. The fraction of sp³-hybridized carbons (Fsp3) is 0.692. The highest BCUT2D eigenvalue weighted by atomic mass is 35.5. The highest BCUT2D eigenvalue weighted by Crippen LogP contribution is 2.28. The Hall–Kier alpha value is -1.03. The third-order valence-electron chi connectivity index (χ3n) is 3.08. The smallest absolute Gasteiger partial charge is 0.246 e. The summed E-state index contributed by atoms with van der Waals surface area (Å²) >= 11 is 5.52. The van der Waals surface area contributed by atoms with E-state index in [1.54, 1.807) is 11.0 Å². The minimum atomic E-state index is -0.458. The van der Waals surface area contributed by atoms with Gasteiger partial charge >= 0.3 is 0 Å². The van der Waals surface area contributed by atoms with E-state index in [2.05, 4.69) is 5.32 Å². The van der Waals surface area contributed by atoms with Crippen molar-refractivity contribution in [2.75, 3.05) is 6.54 Å². The van der Waals surface area contributed by atoms with Crippen molar-refractivity contribution in [2.45, 2.75) is 46.2 Å². The van der Waals surface area contributed by atoms with Crippen molar-refractivity contribution < 1.29 is 9.59 Å². The van der Waals surface area contributed by atoms with Crippen LogP contribution < -0.4 is 5.32 Å². The van der Waals surface area contributed by atoms with Gasteiger partial charge in [0.1, 0.15) is 12.1 Å². The summed E-state index contributed by atoms with van der Waals surface area (Å²) in [7, 11) is 0. The maximum absolute atomic E-state index is 12.3. The Bertz CT molecular complexity index is 360. The van der Waals surface area contributed by atoms with Gasteiger partial charge in [0, 0.05) is 12.1 Å². The summed E-state index contributed by atoms with van der Waals surface area (Å²) in [4.78, 5) is 26.1. The standard InChI is InChI=1S/C13H21ClN2O2/c1-5-9-12(18)16(8-6-7-14)10(11(17)15-9)13(2,3)4/h6-7,9-10H,5,8H2,1-4H3,(H,15,17)/b7-6+. The molecule has 1 fully saturated rings. The lowest BCUT2D eigenvalue weighted by atomic mass is 9.83. The first-order valence-electron chi connectivity index (χ1n) is 6.19. The number of carbonyl (C=O) groups excluding carboxylic acids is 2. The van der Waals surface area contributed by atoms with E-state index in [1.807, 2.05) is 27.7 Å². The van der Waals surface area contributed by atoms with Gasteiger partial charge < -0.3 is 10.2 Å². The van der Waals surface area contributed by atoms with Crippen LogP contribution in [0.2, 0.25) is 0 Å². The minimum absolute atomic E-state index is 0.0354. The van der Waals surface area contributed by atoms with Crippen molar-refractivity contribution in [3.63, 3.8) is 0 Å². The molecule has 0 aliphatic carbocycles. The first kappa shape index (κ1) is 15.0. The number of halogens is 1. The molecule has 0 spiro atoms. The lowest BCUT2D eigenvalue weighted by Crippen LogP contribution is -2.66. The molecule has 0 aromatic carbocycles. The van der Waals surface area contributed by atoms with Gasteiger partial charge in [-0.2, -0.15) is 0 Å². The number of amides is 2. The summed E-state index contributed by atoms with van der Waals surface area (Å²) in [5, 5.41) is 2.79. The molecule has 5 heteroatoms. The molecule has 1 saturated heterocycles. The molecule has 2 atom stereocenters. The Labute approximate surface area is 113 Å². The van der Waals surface area contributed by atoms with Gasteiger partial charge in [-0.1, -0.05) is 45.4 Å². The van der Waals surface area contributed by atoms with E-state index in [4.69, 9.17) is 11.6 Å². The summed E-state index contributed by atoms with van der Waals surface area (Å²) in [6.45, 7) is 8.11. The summed E-state index contributed by atoms with van der Waals surface area (Å²) in [5.41, 5.74) is 1.07. The van der Waals surface area contributed by atoms with Gasteiger partial charge in [-0.3, -0.25) is 9.59 Å². The largest absolute Gasteiger partial charge is 0.342 e. The number of nitrogens with zero attached hydrogens (tertiary/aromatic N) is 1. The van der Waals surface area contributed by atoms with E-state index in [1.165, 1.54) is 5.54 Å². The Morgan fingerprint density at radius 3 is 2.44 bits per heavy atom. The van der Waals surface area contributed by atoms with E-state index < -0.39 is 12.1 Å². The van der Waals surface area contributed by atoms with Crippen LogP contribution in [0.5, 0.6) is 0 Å². The second-order valence-corrected chi connectivity index (χ2v) is 5.84. The van der Waals surface area contributed by atoms with E-state index in [9.17, 15) is 9.59 Å².